The highest BCUT2D eigenvalue weighted by molar-refractivity contribution is 6.74. The third-order valence-electron chi connectivity index (χ3n) is 5.09. The molecular formula is C18H38N2O4Si. The first-order valence-corrected chi connectivity index (χ1v) is 12.1. The number of nitrogens with two attached hydrogens (primary N) is 1. The Bertz CT molecular complexity index is 457. The van der Waals surface area contributed by atoms with Crippen molar-refractivity contribution in [3.8, 4) is 0 Å². The van der Waals surface area contributed by atoms with Gasteiger partial charge in [-0.15, -0.1) is 0 Å². The summed E-state index contributed by atoms with van der Waals surface area (Å²) in [6.07, 6.45) is 0.170. The number of ether oxygens (including phenoxy) is 1. The summed E-state index contributed by atoms with van der Waals surface area (Å²) in [6.45, 7) is 17.3. The van der Waals surface area contributed by atoms with Gasteiger partial charge in [-0.05, 0) is 51.7 Å². The van der Waals surface area contributed by atoms with Gasteiger partial charge in [0.15, 0.2) is 8.32 Å². The number of amides is 1. The highest BCUT2D eigenvalue weighted by Crippen LogP contribution is 2.39. The van der Waals surface area contributed by atoms with Crippen molar-refractivity contribution in [3.05, 3.63) is 0 Å². The smallest absolute Gasteiger partial charge is 0.410 e. The molecule has 1 aliphatic rings. The van der Waals surface area contributed by atoms with E-state index in [1.165, 1.54) is 0 Å². The maximum atomic E-state index is 12.6. The molecule has 3 N–H and O–H groups in total. The monoisotopic (exact) mass is 374 g/mol. The zero-order valence-corrected chi connectivity index (χ0v) is 18.3. The van der Waals surface area contributed by atoms with Crippen LogP contribution in [0.2, 0.25) is 18.1 Å². The molecule has 1 fully saturated rings. The third-order valence-corrected chi connectivity index (χ3v) is 9.62. The maximum Gasteiger partial charge on any atom is 0.410 e. The Morgan fingerprint density at radius 3 is 2.28 bits per heavy atom. The minimum Gasteiger partial charge on any atom is -0.444 e. The van der Waals surface area contributed by atoms with Gasteiger partial charge in [-0.25, -0.2) is 4.79 Å². The topological polar surface area (TPSA) is 85.0 Å². The highest BCUT2D eigenvalue weighted by atomic mass is 28.4. The minimum absolute atomic E-state index is 0.0246. The lowest BCUT2D eigenvalue weighted by Crippen LogP contribution is -2.45. The van der Waals surface area contributed by atoms with Crippen molar-refractivity contribution in [2.75, 3.05) is 13.1 Å². The molecule has 0 spiro atoms. The van der Waals surface area contributed by atoms with Gasteiger partial charge < -0.3 is 24.9 Å². The average molecular weight is 375 g/mol. The Kier molecular flexibility index (Phi) is 7.12. The van der Waals surface area contributed by atoms with E-state index >= 15 is 0 Å². The Morgan fingerprint density at radius 2 is 1.84 bits per heavy atom. The fourth-order valence-electron chi connectivity index (χ4n) is 2.73. The Balaban J connectivity index is 2.88. The molecule has 0 radical (unpaired) electrons. The van der Waals surface area contributed by atoms with Crippen molar-refractivity contribution < 1.29 is 19.1 Å². The normalized spacial score (nSPS) is 23.7. The number of hydrogen-bond acceptors (Lipinski definition) is 5. The molecule has 1 amide bonds. The van der Waals surface area contributed by atoms with Gasteiger partial charge in [-0.1, -0.05) is 20.8 Å². The van der Waals surface area contributed by atoms with E-state index < -0.39 is 20.0 Å². The van der Waals surface area contributed by atoms with Crippen molar-refractivity contribution in [3.63, 3.8) is 0 Å². The van der Waals surface area contributed by atoms with Gasteiger partial charge in [0.1, 0.15) is 5.60 Å². The Morgan fingerprint density at radius 1 is 1.28 bits per heavy atom. The maximum absolute atomic E-state index is 12.6. The van der Waals surface area contributed by atoms with Crippen molar-refractivity contribution in [2.45, 2.75) is 96.4 Å². The summed E-state index contributed by atoms with van der Waals surface area (Å²) >= 11 is 0. The van der Waals surface area contributed by atoms with Crippen LogP contribution in [-0.4, -0.2) is 61.4 Å². The molecule has 0 aromatic heterocycles. The SMILES string of the molecule is CC(C)(C)OC(=O)N1C[C@H](O[Si](C)(C)C(C)(C)C)C[C@H]1C[C@H](O)CN. The number of carbonyl (C=O) groups is 1. The lowest BCUT2D eigenvalue weighted by Gasteiger charge is -2.38. The van der Waals surface area contributed by atoms with Gasteiger partial charge in [0.2, 0.25) is 0 Å². The molecule has 1 rings (SSSR count). The van der Waals surface area contributed by atoms with E-state index in [0.717, 1.165) is 0 Å². The first kappa shape index (κ1) is 22.4. The molecule has 0 aliphatic carbocycles. The summed E-state index contributed by atoms with van der Waals surface area (Å²) in [5.74, 6) is 0. The van der Waals surface area contributed by atoms with Crippen molar-refractivity contribution in [1.29, 1.82) is 0 Å². The van der Waals surface area contributed by atoms with Crippen molar-refractivity contribution in [1.82, 2.24) is 4.90 Å². The van der Waals surface area contributed by atoms with Gasteiger partial charge in [0.25, 0.3) is 0 Å². The Hall–Kier alpha value is -0.633. The molecule has 0 unspecified atom stereocenters. The van der Waals surface area contributed by atoms with Crippen LogP contribution in [0.15, 0.2) is 0 Å². The lowest BCUT2D eigenvalue weighted by atomic mass is 10.1. The molecule has 0 saturated carbocycles. The molecule has 3 atom stereocenters. The van der Waals surface area contributed by atoms with Gasteiger partial charge in [-0.3, -0.25) is 0 Å². The Labute approximate surface area is 154 Å². The number of nitrogens with zero attached hydrogens (tertiary/aromatic N) is 1. The number of aliphatic hydroxyl groups is 1. The fraction of sp³-hybridized carbons (Fsp3) is 0.944. The van der Waals surface area contributed by atoms with Crippen LogP contribution in [0.3, 0.4) is 0 Å². The van der Waals surface area contributed by atoms with E-state index in [1.54, 1.807) is 4.90 Å². The third kappa shape index (κ3) is 6.55. The van der Waals surface area contributed by atoms with Crippen molar-refractivity contribution in [2.24, 2.45) is 5.73 Å². The molecule has 25 heavy (non-hydrogen) atoms. The van der Waals surface area contributed by atoms with E-state index in [1.807, 2.05) is 20.8 Å². The molecule has 148 valence electrons. The summed E-state index contributed by atoms with van der Waals surface area (Å²) in [6, 6.07) is -0.108. The molecule has 0 aromatic rings. The van der Waals surface area contributed by atoms with Gasteiger partial charge in [0.05, 0.1) is 12.2 Å². The molecule has 1 aliphatic heterocycles. The summed E-state index contributed by atoms with van der Waals surface area (Å²) in [7, 11) is -1.92. The van der Waals surface area contributed by atoms with Crippen LogP contribution in [0, 0.1) is 0 Å². The summed E-state index contributed by atoms with van der Waals surface area (Å²) in [4.78, 5) is 14.3. The standard InChI is InChI=1S/C18H38N2O4Si/c1-17(2,3)23-16(22)20-12-15(10-13(20)9-14(21)11-19)24-25(7,8)18(4,5)6/h13-15,21H,9-12,19H2,1-8H3/t13-,14+,15-/m1/s1. The molecular weight excluding hydrogens is 336 g/mol. The zero-order chi connectivity index (χ0) is 19.6. The second kappa shape index (κ2) is 7.94. The van der Waals surface area contributed by atoms with Gasteiger partial charge >= 0.3 is 6.09 Å². The van der Waals surface area contributed by atoms with Crippen LogP contribution in [0.1, 0.15) is 54.4 Å². The average Bonchev–Trinajstić information content (AvgIpc) is 2.77. The second-order valence-electron chi connectivity index (χ2n) is 9.65. The predicted octanol–water partition coefficient (Wildman–Crippen LogP) is 3.10. The largest absolute Gasteiger partial charge is 0.444 e. The summed E-state index contributed by atoms with van der Waals surface area (Å²) in [5, 5.41) is 10.1. The zero-order valence-electron chi connectivity index (χ0n) is 17.3. The van der Waals surface area contributed by atoms with Crippen LogP contribution in [0.25, 0.3) is 0 Å². The first-order chi connectivity index (χ1) is 11.2. The van der Waals surface area contributed by atoms with Crippen molar-refractivity contribution >= 4 is 14.4 Å². The summed E-state index contributed by atoms with van der Waals surface area (Å²) < 4.78 is 12.0. The van der Waals surface area contributed by atoms with Crippen LogP contribution in [0.5, 0.6) is 0 Å². The molecule has 0 aromatic carbocycles. The molecule has 1 heterocycles. The number of rotatable bonds is 5. The highest BCUT2D eigenvalue weighted by Gasteiger charge is 2.44. The molecule has 0 bridgehead atoms. The van der Waals surface area contributed by atoms with Crippen LogP contribution in [0.4, 0.5) is 4.79 Å². The quantitative estimate of drug-likeness (QED) is 0.722. The fourth-order valence-corrected chi connectivity index (χ4v) is 4.09. The molecule has 1 saturated heterocycles. The predicted molar refractivity (Wildman–Crippen MR) is 103 cm³/mol. The second-order valence-corrected chi connectivity index (χ2v) is 14.4. The van der Waals surface area contributed by atoms with E-state index in [-0.39, 0.29) is 29.8 Å². The first-order valence-electron chi connectivity index (χ1n) is 9.22. The van der Waals surface area contributed by atoms with E-state index in [9.17, 15) is 9.90 Å². The molecule has 7 heteroatoms. The van der Waals surface area contributed by atoms with Gasteiger partial charge in [0, 0.05) is 19.1 Å². The number of aliphatic hydroxyl groups excluding tert-OH is 1. The van der Waals surface area contributed by atoms with Crippen LogP contribution >= 0.6 is 0 Å². The van der Waals surface area contributed by atoms with E-state index in [0.29, 0.717) is 19.4 Å². The van der Waals surface area contributed by atoms with E-state index in [4.69, 9.17) is 14.9 Å². The van der Waals surface area contributed by atoms with Gasteiger partial charge in [-0.2, -0.15) is 0 Å². The van der Waals surface area contributed by atoms with Crippen LogP contribution in [-0.2, 0) is 9.16 Å². The number of carbonyl (C=O) groups excluding carboxylic acids is 1. The number of hydrogen-bond donors (Lipinski definition) is 2. The summed E-state index contributed by atoms with van der Waals surface area (Å²) in [5.41, 5.74) is 5.01. The van der Waals surface area contributed by atoms with Crippen LogP contribution < -0.4 is 5.73 Å². The number of likely N-dealkylation sites (tertiary alicyclic amines) is 1. The minimum atomic E-state index is -1.92. The van der Waals surface area contributed by atoms with E-state index in [2.05, 4.69) is 33.9 Å². The lowest BCUT2D eigenvalue weighted by molar-refractivity contribution is 0.0171. The molecule has 6 nitrogen and oxygen atoms in total.